The van der Waals surface area contributed by atoms with Gasteiger partial charge in [0.05, 0.1) is 0 Å². The van der Waals surface area contributed by atoms with Crippen molar-refractivity contribution in [3.05, 3.63) is 11.4 Å². The molecule has 0 atom stereocenters. The molecule has 0 spiro atoms. The van der Waals surface area contributed by atoms with Crippen LogP contribution in [-0.2, 0) is 0 Å². The summed E-state index contributed by atoms with van der Waals surface area (Å²) in [5.74, 6) is 0. The Morgan fingerprint density at radius 1 is 1.50 bits per heavy atom. The average molecular weight is 190 g/mol. The van der Waals surface area contributed by atoms with E-state index in [-0.39, 0.29) is 21.1 Å². The Kier molecular flexibility index (Phi) is 29.6. The van der Waals surface area contributed by atoms with Crippen LogP contribution in [0.5, 0.6) is 0 Å². The number of hydrogen-bond donors (Lipinski definition) is 0. The second-order valence-corrected chi connectivity index (χ2v) is 3.58. The molecule has 0 aromatic rings. The van der Waals surface area contributed by atoms with Gasteiger partial charge in [0.2, 0.25) is 7.05 Å². The van der Waals surface area contributed by atoms with Gasteiger partial charge in [0, 0.05) is 0 Å². The van der Waals surface area contributed by atoms with E-state index in [9.17, 15) is 0 Å². The molecule has 0 aromatic carbocycles. The van der Waals surface area contributed by atoms with E-state index in [0.717, 1.165) is 0 Å². The molecule has 0 saturated carbocycles. The molecular weight excluding hydrogens is 181 g/mol. The molecule has 0 amide bonds. The number of rotatable bonds is 0. The fourth-order valence-corrected chi connectivity index (χ4v) is 0. The van der Waals surface area contributed by atoms with Crippen LogP contribution >= 0.6 is 0 Å². The first-order valence-corrected chi connectivity index (χ1v) is 7.38. The molecule has 0 unspecified atom stereocenters. The molecule has 0 rings (SSSR count). The van der Waals surface area contributed by atoms with Gasteiger partial charge in [0.1, 0.15) is 0 Å². The molecule has 2 heteroatoms. The van der Waals surface area contributed by atoms with Gasteiger partial charge in [-0.2, -0.15) is 0 Å². The van der Waals surface area contributed by atoms with Gasteiger partial charge in [0.15, 0.2) is 0 Å². The second kappa shape index (κ2) is 18.6. The first-order chi connectivity index (χ1) is 2.83. The standard InChI is InChI=1S/C2H3N.2CH3.Sn/c1-3-2;;;/h1H3;2*1H3;. The summed E-state index contributed by atoms with van der Waals surface area (Å²) in [6, 6.07) is 0. The fourth-order valence-electron chi connectivity index (χ4n) is 0. The first kappa shape index (κ1) is 9.56. The summed E-state index contributed by atoms with van der Waals surface area (Å²) in [5, 5.41) is 0. The molecule has 2 radical (unpaired) electrons. The topological polar surface area (TPSA) is 4.36 Å². The zero-order valence-corrected chi connectivity index (χ0v) is 7.30. The van der Waals surface area contributed by atoms with Gasteiger partial charge >= 0.3 is 31.0 Å². The van der Waals surface area contributed by atoms with Crippen LogP contribution in [0.2, 0.25) is 9.88 Å². The first-order valence-electron chi connectivity index (χ1n) is 1.67. The van der Waals surface area contributed by atoms with Crippen LogP contribution in [0.15, 0.2) is 0 Å². The Morgan fingerprint density at radius 2 is 1.50 bits per heavy atom. The van der Waals surface area contributed by atoms with Crippen LogP contribution in [0.25, 0.3) is 4.85 Å². The monoisotopic (exact) mass is 191 g/mol. The Bertz CT molecular complexity index is 37.3. The molecule has 6 heavy (non-hydrogen) atoms. The molecular formula is C4H9NSn. The van der Waals surface area contributed by atoms with E-state index in [2.05, 4.69) is 14.7 Å². The zero-order valence-electron chi connectivity index (χ0n) is 4.45. The summed E-state index contributed by atoms with van der Waals surface area (Å²) in [4.78, 5) is 7.34. The third kappa shape index (κ3) is 557. The summed E-state index contributed by atoms with van der Waals surface area (Å²) in [7, 11) is 1.42. The number of hydrogen-bond acceptors (Lipinski definition) is 0. The van der Waals surface area contributed by atoms with E-state index in [1.54, 1.807) is 0 Å². The van der Waals surface area contributed by atoms with Crippen molar-refractivity contribution in [2.75, 3.05) is 7.05 Å². The van der Waals surface area contributed by atoms with E-state index < -0.39 is 0 Å². The minimum absolute atomic E-state index is 0.230. The van der Waals surface area contributed by atoms with Crippen LogP contribution in [0.1, 0.15) is 0 Å². The molecule has 0 aliphatic rings. The van der Waals surface area contributed by atoms with Crippen LogP contribution in [0.3, 0.4) is 0 Å². The Morgan fingerprint density at radius 3 is 1.50 bits per heavy atom. The minimum atomic E-state index is 0.230. The predicted molar refractivity (Wildman–Crippen MR) is 30.0 cm³/mol. The Balaban J connectivity index is 0. The normalized spacial score (nSPS) is 4.33. The van der Waals surface area contributed by atoms with E-state index in [1.807, 2.05) is 0 Å². The van der Waals surface area contributed by atoms with Crippen molar-refractivity contribution in [1.82, 2.24) is 0 Å². The van der Waals surface area contributed by atoms with Gasteiger partial charge in [-0.1, -0.05) is 0 Å². The zero-order chi connectivity index (χ0) is 5.41. The van der Waals surface area contributed by atoms with E-state index >= 15 is 0 Å². The molecule has 0 saturated heterocycles. The van der Waals surface area contributed by atoms with Crippen molar-refractivity contribution in [3.8, 4) is 0 Å². The van der Waals surface area contributed by atoms with Crippen molar-refractivity contribution in [2.45, 2.75) is 9.88 Å². The quantitative estimate of drug-likeness (QED) is 0.400. The Hall–Kier alpha value is 0.289. The summed E-state index contributed by atoms with van der Waals surface area (Å²) in [6.45, 7) is 5.83. The summed E-state index contributed by atoms with van der Waals surface area (Å²) < 4.78 is 0. The molecule has 0 fully saturated rings. The van der Waals surface area contributed by atoms with Crippen LogP contribution in [0.4, 0.5) is 0 Å². The van der Waals surface area contributed by atoms with Crippen molar-refractivity contribution in [2.24, 2.45) is 0 Å². The van der Waals surface area contributed by atoms with Gasteiger partial charge < -0.3 is 4.85 Å². The van der Waals surface area contributed by atoms with E-state index in [1.165, 1.54) is 7.05 Å². The SMILES string of the molecule is [C-]#[N+]C.[CH3][Sn][CH3]. The fraction of sp³-hybridized carbons (Fsp3) is 0.750. The third-order valence-electron chi connectivity index (χ3n) is 0. The summed E-state index contributed by atoms with van der Waals surface area (Å²) in [5.41, 5.74) is 0. The van der Waals surface area contributed by atoms with Gasteiger partial charge in [-0.25, -0.2) is 6.57 Å². The van der Waals surface area contributed by atoms with Crippen LogP contribution in [0, 0.1) is 6.57 Å². The molecule has 0 bridgehead atoms. The van der Waals surface area contributed by atoms with Crippen molar-refractivity contribution in [1.29, 1.82) is 0 Å². The van der Waals surface area contributed by atoms with Gasteiger partial charge in [-0.3, -0.25) is 0 Å². The molecule has 0 heterocycles. The van der Waals surface area contributed by atoms with E-state index in [4.69, 9.17) is 6.57 Å². The maximum absolute atomic E-state index is 5.83. The van der Waals surface area contributed by atoms with Crippen molar-refractivity contribution in [3.63, 3.8) is 0 Å². The maximum atomic E-state index is 5.83. The van der Waals surface area contributed by atoms with Gasteiger partial charge in [-0.15, -0.1) is 0 Å². The predicted octanol–water partition coefficient (Wildman–Crippen LogP) is 1.32. The molecule has 1 nitrogen and oxygen atoms in total. The second-order valence-electron chi connectivity index (χ2n) is 0.724. The summed E-state index contributed by atoms with van der Waals surface area (Å²) in [6.07, 6.45) is 0. The molecule has 34 valence electrons. The Labute approximate surface area is 49.8 Å². The molecule has 0 N–H and O–H groups in total. The van der Waals surface area contributed by atoms with Crippen molar-refractivity contribution < 1.29 is 0 Å². The van der Waals surface area contributed by atoms with Crippen LogP contribution < -0.4 is 0 Å². The van der Waals surface area contributed by atoms with Crippen molar-refractivity contribution >= 4 is 21.1 Å². The summed E-state index contributed by atoms with van der Waals surface area (Å²) >= 11 is 0.230. The average Bonchev–Trinajstić information content (AvgIpc) is 1.39. The van der Waals surface area contributed by atoms with Gasteiger partial charge in [-0.05, 0) is 0 Å². The molecule has 0 aliphatic heterocycles. The molecule has 0 aromatic heterocycles. The number of nitrogens with zero attached hydrogens (tertiary/aromatic N) is 1. The molecule has 0 aliphatic carbocycles. The van der Waals surface area contributed by atoms with Gasteiger partial charge in [0.25, 0.3) is 0 Å². The van der Waals surface area contributed by atoms with Crippen LogP contribution in [-0.4, -0.2) is 28.2 Å². The third-order valence-corrected chi connectivity index (χ3v) is 0. The van der Waals surface area contributed by atoms with E-state index in [0.29, 0.717) is 0 Å².